The van der Waals surface area contributed by atoms with Crippen molar-refractivity contribution in [2.45, 2.75) is 45.8 Å². The maximum Gasteiger partial charge on any atom is 0.119 e. The monoisotopic (exact) mass is 207 g/mol. The molecule has 0 heterocycles. The van der Waals surface area contributed by atoms with Crippen LogP contribution in [-0.2, 0) is 0 Å². The lowest BCUT2D eigenvalue weighted by molar-refractivity contribution is 0.217. The Kier molecular flexibility index (Phi) is 4.63. The van der Waals surface area contributed by atoms with Crippen LogP contribution in [-0.4, -0.2) is 6.10 Å². The molecular formula is C13H21NO. The van der Waals surface area contributed by atoms with Crippen molar-refractivity contribution in [3.63, 3.8) is 0 Å². The summed E-state index contributed by atoms with van der Waals surface area (Å²) in [7, 11) is 0. The van der Waals surface area contributed by atoms with E-state index in [2.05, 4.69) is 20.8 Å². The largest absolute Gasteiger partial charge is 0.491 e. The summed E-state index contributed by atoms with van der Waals surface area (Å²) in [4.78, 5) is 0. The van der Waals surface area contributed by atoms with Crippen LogP contribution in [0.25, 0.3) is 0 Å². The fraction of sp³-hybridized carbons (Fsp3) is 0.538. The number of hydrogen-bond acceptors (Lipinski definition) is 2. The second-order valence-corrected chi connectivity index (χ2v) is 3.92. The van der Waals surface area contributed by atoms with Crippen LogP contribution < -0.4 is 10.5 Å². The summed E-state index contributed by atoms with van der Waals surface area (Å²) < 4.78 is 5.69. The molecule has 0 aromatic heterocycles. The van der Waals surface area contributed by atoms with E-state index in [4.69, 9.17) is 10.5 Å². The minimum absolute atomic E-state index is 0.141. The average Bonchev–Trinajstić information content (AvgIpc) is 2.29. The van der Waals surface area contributed by atoms with Crippen molar-refractivity contribution in [3.05, 3.63) is 29.8 Å². The van der Waals surface area contributed by atoms with Crippen molar-refractivity contribution in [1.82, 2.24) is 0 Å². The van der Waals surface area contributed by atoms with Gasteiger partial charge in [0, 0.05) is 6.04 Å². The lowest BCUT2D eigenvalue weighted by Gasteiger charge is -2.14. The van der Waals surface area contributed by atoms with Gasteiger partial charge in [0.25, 0.3) is 0 Å². The molecule has 1 rings (SSSR count). The minimum Gasteiger partial charge on any atom is -0.491 e. The molecule has 0 fully saturated rings. The van der Waals surface area contributed by atoms with Crippen LogP contribution in [0.1, 0.15) is 45.2 Å². The van der Waals surface area contributed by atoms with E-state index in [-0.39, 0.29) is 12.1 Å². The zero-order valence-corrected chi connectivity index (χ0v) is 9.86. The normalized spacial score (nSPS) is 14.7. The first-order chi connectivity index (χ1) is 7.17. The molecular weight excluding hydrogens is 186 g/mol. The highest BCUT2D eigenvalue weighted by Crippen LogP contribution is 2.19. The molecule has 2 atom stereocenters. The third-order valence-corrected chi connectivity index (χ3v) is 2.66. The van der Waals surface area contributed by atoms with Crippen LogP contribution in [0.3, 0.4) is 0 Å². The van der Waals surface area contributed by atoms with Gasteiger partial charge in [0.15, 0.2) is 0 Å². The zero-order valence-electron chi connectivity index (χ0n) is 9.86. The Balaban J connectivity index is 2.64. The van der Waals surface area contributed by atoms with Crippen molar-refractivity contribution < 1.29 is 4.74 Å². The Labute approximate surface area is 92.4 Å². The predicted octanol–water partition coefficient (Wildman–Crippen LogP) is 3.27. The fourth-order valence-corrected chi connectivity index (χ4v) is 1.34. The number of nitrogens with two attached hydrogens (primary N) is 1. The summed E-state index contributed by atoms with van der Waals surface area (Å²) in [5.74, 6) is 0.927. The Bertz CT molecular complexity index is 281. The van der Waals surface area contributed by atoms with Gasteiger partial charge in [-0.25, -0.2) is 0 Å². The predicted molar refractivity (Wildman–Crippen MR) is 64.0 cm³/mol. The molecule has 2 nitrogen and oxygen atoms in total. The molecule has 0 saturated carbocycles. The number of ether oxygens (including phenoxy) is 1. The van der Waals surface area contributed by atoms with Crippen molar-refractivity contribution in [2.75, 3.05) is 0 Å². The number of benzene rings is 1. The molecule has 0 amide bonds. The van der Waals surface area contributed by atoms with Gasteiger partial charge in [0.05, 0.1) is 6.10 Å². The quantitative estimate of drug-likeness (QED) is 0.804. The maximum atomic E-state index is 5.93. The topological polar surface area (TPSA) is 35.2 Å². The first-order valence-electron chi connectivity index (χ1n) is 5.69. The maximum absolute atomic E-state index is 5.93. The summed E-state index contributed by atoms with van der Waals surface area (Å²) in [5, 5.41) is 0. The van der Waals surface area contributed by atoms with E-state index in [1.165, 1.54) is 5.56 Å². The molecule has 0 saturated heterocycles. The smallest absolute Gasteiger partial charge is 0.119 e. The molecule has 84 valence electrons. The summed E-state index contributed by atoms with van der Waals surface area (Å²) in [6.45, 7) is 6.28. The summed E-state index contributed by atoms with van der Waals surface area (Å²) in [5.41, 5.74) is 7.11. The Morgan fingerprint density at radius 3 is 2.20 bits per heavy atom. The van der Waals surface area contributed by atoms with Crippen molar-refractivity contribution in [2.24, 2.45) is 5.73 Å². The number of rotatable bonds is 5. The van der Waals surface area contributed by atoms with Crippen molar-refractivity contribution in [1.29, 1.82) is 0 Å². The van der Waals surface area contributed by atoms with Gasteiger partial charge in [-0.2, -0.15) is 0 Å². The fourth-order valence-electron chi connectivity index (χ4n) is 1.34. The minimum atomic E-state index is 0.141. The van der Waals surface area contributed by atoms with Crippen molar-refractivity contribution >= 4 is 0 Å². The summed E-state index contributed by atoms with van der Waals surface area (Å²) >= 11 is 0. The molecule has 2 N–H and O–H groups in total. The van der Waals surface area contributed by atoms with E-state index in [0.717, 1.165) is 18.6 Å². The van der Waals surface area contributed by atoms with E-state index < -0.39 is 0 Å². The Morgan fingerprint density at radius 1 is 1.13 bits per heavy atom. The first-order valence-corrected chi connectivity index (χ1v) is 5.69. The molecule has 15 heavy (non-hydrogen) atoms. The van der Waals surface area contributed by atoms with Gasteiger partial charge in [-0.15, -0.1) is 0 Å². The highest BCUT2D eigenvalue weighted by Gasteiger charge is 2.04. The van der Waals surface area contributed by atoms with E-state index >= 15 is 0 Å². The van der Waals surface area contributed by atoms with Crippen LogP contribution in [0, 0.1) is 0 Å². The Morgan fingerprint density at radius 2 is 1.73 bits per heavy atom. The molecule has 2 heteroatoms. The SMILES string of the molecule is CCC(C)Oc1ccc([C@H](N)CC)cc1. The van der Waals surface area contributed by atoms with Crippen LogP contribution in [0.15, 0.2) is 24.3 Å². The average molecular weight is 207 g/mol. The third-order valence-electron chi connectivity index (χ3n) is 2.66. The highest BCUT2D eigenvalue weighted by atomic mass is 16.5. The molecule has 0 spiro atoms. The standard InChI is InChI=1S/C13H21NO/c1-4-10(3)15-12-8-6-11(7-9-12)13(14)5-2/h6-10,13H,4-5,14H2,1-3H3/t10?,13-/m1/s1. The second kappa shape index (κ2) is 5.76. The van der Waals surface area contributed by atoms with Gasteiger partial charge in [-0.3, -0.25) is 0 Å². The summed E-state index contributed by atoms with van der Waals surface area (Å²) in [6.07, 6.45) is 2.26. The molecule has 0 radical (unpaired) electrons. The van der Waals surface area contributed by atoms with Crippen LogP contribution in [0.2, 0.25) is 0 Å². The molecule has 0 bridgehead atoms. The van der Waals surface area contributed by atoms with E-state index in [0.29, 0.717) is 0 Å². The van der Waals surface area contributed by atoms with Crippen molar-refractivity contribution in [3.8, 4) is 5.75 Å². The third kappa shape index (κ3) is 3.56. The number of hydrogen-bond donors (Lipinski definition) is 1. The van der Waals surface area contributed by atoms with Gasteiger partial charge < -0.3 is 10.5 Å². The lowest BCUT2D eigenvalue weighted by Crippen LogP contribution is -2.11. The van der Waals surface area contributed by atoms with Gasteiger partial charge in [-0.05, 0) is 37.5 Å². The van der Waals surface area contributed by atoms with Gasteiger partial charge in [-0.1, -0.05) is 26.0 Å². The highest BCUT2D eigenvalue weighted by molar-refractivity contribution is 5.29. The van der Waals surface area contributed by atoms with E-state index in [9.17, 15) is 0 Å². The molecule has 0 aliphatic carbocycles. The zero-order chi connectivity index (χ0) is 11.3. The molecule has 1 aromatic rings. The van der Waals surface area contributed by atoms with Crippen LogP contribution in [0.5, 0.6) is 5.75 Å². The van der Waals surface area contributed by atoms with Crippen LogP contribution >= 0.6 is 0 Å². The summed E-state index contributed by atoms with van der Waals surface area (Å²) in [6, 6.07) is 8.23. The van der Waals surface area contributed by atoms with Gasteiger partial charge in [0.2, 0.25) is 0 Å². The molecule has 0 aliphatic heterocycles. The molecule has 1 aromatic carbocycles. The van der Waals surface area contributed by atoms with E-state index in [1.54, 1.807) is 0 Å². The lowest BCUT2D eigenvalue weighted by atomic mass is 10.1. The molecule has 1 unspecified atom stereocenters. The molecule has 0 aliphatic rings. The van der Waals surface area contributed by atoms with Gasteiger partial charge >= 0.3 is 0 Å². The van der Waals surface area contributed by atoms with Crippen LogP contribution in [0.4, 0.5) is 0 Å². The van der Waals surface area contributed by atoms with Gasteiger partial charge in [0.1, 0.15) is 5.75 Å². The first kappa shape index (κ1) is 12.1. The van der Waals surface area contributed by atoms with E-state index in [1.807, 2.05) is 24.3 Å². The Hall–Kier alpha value is -1.02. The second-order valence-electron chi connectivity index (χ2n) is 3.92.